The molecule has 3 aromatic rings. The lowest BCUT2D eigenvalue weighted by Gasteiger charge is -2.34. The highest BCUT2D eigenvalue weighted by Gasteiger charge is 2.26. The molecular weight excluding hydrogens is 398 g/mol. The van der Waals surface area contributed by atoms with Crippen LogP contribution < -0.4 is 9.47 Å². The summed E-state index contributed by atoms with van der Waals surface area (Å²) in [6, 6.07) is 11.6. The first-order valence-electron chi connectivity index (χ1n) is 9.12. The van der Waals surface area contributed by atoms with Gasteiger partial charge in [0.05, 0.1) is 21.8 Å². The van der Waals surface area contributed by atoms with Gasteiger partial charge in [-0.25, -0.2) is 4.98 Å². The summed E-state index contributed by atoms with van der Waals surface area (Å²) in [6.45, 7) is 3.94. The van der Waals surface area contributed by atoms with Crippen molar-refractivity contribution in [1.82, 2.24) is 14.8 Å². The van der Waals surface area contributed by atoms with Crippen LogP contribution in [0.2, 0.25) is 5.02 Å². The minimum absolute atomic E-state index is 0.0279. The first kappa shape index (κ1) is 17.7. The van der Waals surface area contributed by atoms with Crippen molar-refractivity contribution in [3.05, 3.63) is 52.0 Å². The fourth-order valence-electron chi connectivity index (χ4n) is 3.56. The van der Waals surface area contributed by atoms with E-state index in [9.17, 15) is 4.79 Å². The van der Waals surface area contributed by atoms with Crippen LogP contribution in [0.25, 0.3) is 10.2 Å². The van der Waals surface area contributed by atoms with Crippen molar-refractivity contribution in [2.24, 2.45) is 0 Å². The maximum atomic E-state index is 12.9. The Balaban J connectivity index is 1.23. The Morgan fingerprint density at radius 3 is 2.79 bits per heavy atom. The molecular formula is C20H18ClN3O3S. The number of carbonyl (C=O) groups excluding carboxylic acids is 1. The van der Waals surface area contributed by atoms with Crippen molar-refractivity contribution < 1.29 is 14.3 Å². The fourth-order valence-corrected chi connectivity index (χ4v) is 4.84. The smallest absolute Gasteiger partial charge is 0.254 e. The molecule has 28 heavy (non-hydrogen) atoms. The van der Waals surface area contributed by atoms with E-state index in [1.165, 1.54) is 4.70 Å². The van der Waals surface area contributed by atoms with Gasteiger partial charge >= 0.3 is 0 Å². The van der Waals surface area contributed by atoms with Gasteiger partial charge in [0.15, 0.2) is 11.5 Å². The van der Waals surface area contributed by atoms with Crippen LogP contribution in [0.15, 0.2) is 36.4 Å². The molecule has 1 aromatic heterocycles. The molecule has 2 aromatic carbocycles. The van der Waals surface area contributed by atoms with Crippen LogP contribution in [-0.4, -0.2) is 53.7 Å². The number of benzene rings is 2. The van der Waals surface area contributed by atoms with Crippen LogP contribution >= 0.6 is 22.9 Å². The van der Waals surface area contributed by atoms with Crippen molar-refractivity contribution in [2.45, 2.75) is 6.54 Å². The molecule has 1 saturated heterocycles. The van der Waals surface area contributed by atoms with Crippen LogP contribution in [0.3, 0.4) is 0 Å². The number of halogens is 1. The van der Waals surface area contributed by atoms with Gasteiger partial charge in [0, 0.05) is 31.7 Å². The lowest BCUT2D eigenvalue weighted by molar-refractivity contribution is 0.0628. The molecule has 0 bridgehead atoms. The third kappa shape index (κ3) is 3.30. The second kappa shape index (κ2) is 7.24. The quantitative estimate of drug-likeness (QED) is 0.653. The Hall–Kier alpha value is -2.35. The predicted octanol–water partition coefficient (Wildman–Crippen LogP) is 3.64. The van der Waals surface area contributed by atoms with Crippen molar-refractivity contribution in [2.75, 3.05) is 33.0 Å². The molecule has 2 aliphatic heterocycles. The van der Waals surface area contributed by atoms with Gasteiger partial charge in [0.2, 0.25) is 6.79 Å². The molecule has 1 fully saturated rings. The Kier molecular flexibility index (Phi) is 4.58. The minimum Gasteiger partial charge on any atom is -0.454 e. The molecule has 8 heteroatoms. The zero-order valence-electron chi connectivity index (χ0n) is 15.1. The van der Waals surface area contributed by atoms with Crippen molar-refractivity contribution >= 4 is 39.1 Å². The zero-order chi connectivity index (χ0) is 19.1. The lowest BCUT2D eigenvalue weighted by Crippen LogP contribution is -2.48. The van der Waals surface area contributed by atoms with Crippen LogP contribution in [0, 0.1) is 0 Å². The summed E-state index contributed by atoms with van der Waals surface area (Å²) in [6.07, 6.45) is 0. The van der Waals surface area contributed by atoms with Gasteiger partial charge in [0.25, 0.3) is 5.91 Å². The number of carbonyl (C=O) groups is 1. The largest absolute Gasteiger partial charge is 0.454 e. The highest BCUT2D eigenvalue weighted by atomic mass is 35.5. The molecule has 2 aliphatic rings. The summed E-state index contributed by atoms with van der Waals surface area (Å²) < 4.78 is 11.9. The molecule has 0 unspecified atom stereocenters. The number of hydrogen-bond donors (Lipinski definition) is 0. The van der Waals surface area contributed by atoms with E-state index in [0.29, 0.717) is 35.2 Å². The van der Waals surface area contributed by atoms with E-state index in [2.05, 4.69) is 11.0 Å². The van der Waals surface area contributed by atoms with Gasteiger partial charge in [0.1, 0.15) is 5.01 Å². The van der Waals surface area contributed by atoms with Gasteiger partial charge in [-0.3, -0.25) is 9.69 Å². The van der Waals surface area contributed by atoms with E-state index in [-0.39, 0.29) is 12.7 Å². The number of rotatable bonds is 3. The average molecular weight is 416 g/mol. The number of amides is 1. The summed E-state index contributed by atoms with van der Waals surface area (Å²) in [7, 11) is 0. The highest BCUT2D eigenvalue weighted by molar-refractivity contribution is 7.18. The lowest BCUT2D eigenvalue weighted by atomic mass is 10.1. The van der Waals surface area contributed by atoms with Crippen molar-refractivity contribution in [1.29, 1.82) is 0 Å². The summed E-state index contributed by atoms with van der Waals surface area (Å²) in [4.78, 5) is 21.8. The molecule has 0 saturated carbocycles. The number of ether oxygens (including phenoxy) is 2. The molecule has 0 spiro atoms. The first-order chi connectivity index (χ1) is 13.7. The fraction of sp³-hybridized carbons (Fsp3) is 0.300. The van der Waals surface area contributed by atoms with Gasteiger partial charge in [-0.1, -0.05) is 23.7 Å². The highest BCUT2D eigenvalue weighted by Crippen LogP contribution is 2.40. The van der Waals surface area contributed by atoms with E-state index in [1.807, 2.05) is 23.1 Å². The number of piperazine rings is 1. The molecule has 144 valence electrons. The molecule has 0 atom stereocenters. The Morgan fingerprint density at radius 1 is 1.14 bits per heavy atom. The number of aromatic nitrogens is 1. The number of para-hydroxylation sites is 1. The first-order valence-corrected chi connectivity index (χ1v) is 10.3. The molecule has 0 aliphatic carbocycles. The van der Waals surface area contributed by atoms with Crippen molar-refractivity contribution in [3.63, 3.8) is 0 Å². The Labute approximate surface area is 171 Å². The normalized spacial score (nSPS) is 16.7. The van der Waals surface area contributed by atoms with Crippen LogP contribution in [0.1, 0.15) is 15.4 Å². The standard InChI is InChI=1S/C20H18ClN3O3S/c21-14-9-13(10-16-19(14)27-12-26-16)20(25)24-7-5-23(6-8-24)11-18-22-15-3-1-2-4-17(15)28-18/h1-4,9-10H,5-8,11-12H2. The third-order valence-corrected chi connectivity index (χ3v) is 6.33. The van der Waals surface area contributed by atoms with E-state index < -0.39 is 0 Å². The van der Waals surface area contributed by atoms with Crippen LogP contribution in [0.4, 0.5) is 0 Å². The molecule has 5 rings (SSSR count). The number of nitrogens with zero attached hydrogens (tertiary/aromatic N) is 3. The Morgan fingerprint density at radius 2 is 1.96 bits per heavy atom. The zero-order valence-corrected chi connectivity index (χ0v) is 16.6. The SMILES string of the molecule is O=C(c1cc(Cl)c2c(c1)OCO2)N1CCN(Cc2nc3ccccc3s2)CC1. The molecule has 3 heterocycles. The minimum atomic E-state index is -0.0279. The van der Waals surface area contributed by atoms with Gasteiger partial charge < -0.3 is 14.4 Å². The second-order valence-corrected chi connectivity index (χ2v) is 8.36. The van der Waals surface area contributed by atoms with Gasteiger partial charge in [-0.15, -0.1) is 11.3 Å². The molecule has 0 N–H and O–H groups in total. The average Bonchev–Trinajstić information content (AvgIpc) is 3.34. The Bertz CT molecular complexity index is 1010. The molecule has 1 amide bonds. The number of hydrogen-bond acceptors (Lipinski definition) is 6. The van der Waals surface area contributed by atoms with E-state index in [0.717, 1.165) is 30.2 Å². The van der Waals surface area contributed by atoms with E-state index >= 15 is 0 Å². The van der Waals surface area contributed by atoms with Gasteiger partial charge in [-0.2, -0.15) is 0 Å². The third-order valence-electron chi connectivity index (χ3n) is 5.03. The maximum absolute atomic E-state index is 12.9. The second-order valence-electron chi connectivity index (χ2n) is 6.84. The summed E-state index contributed by atoms with van der Waals surface area (Å²) in [5.74, 6) is 1.02. The molecule has 0 radical (unpaired) electrons. The summed E-state index contributed by atoms with van der Waals surface area (Å²) in [5.41, 5.74) is 1.59. The van der Waals surface area contributed by atoms with Crippen molar-refractivity contribution in [3.8, 4) is 11.5 Å². The summed E-state index contributed by atoms with van der Waals surface area (Å²) in [5, 5.41) is 1.52. The van der Waals surface area contributed by atoms with E-state index in [4.69, 9.17) is 26.1 Å². The van der Waals surface area contributed by atoms with E-state index in [1.54, 1.807) is 23.5 Å². The predicted molar refractivity (Wildman–Crippen MR) is 108 cm³/mol. The topological polar surface area (TPSA) is 54.9 Å². The van der Waals surface area contributed by atoms with Crippen LogP contribution in [-0.2, 0) is 6.54 Å². The maximum Gasteiger partial charge on any atom is 0.254 e. The monoisotopic (exact) mass is 415 g/mol. The number of thiazole rings is 1. The van der Waals surface area contributed by atoms with Gasteiger partial charge in [-0.05, 0) is 24.3 Å². The van der Waals surface area contributed by atoms with Crippen LogP contribution in [0.5, 0.6) is 11.5 Å². The number of fused-ring (bicyclic) bond motifs is 2. The summed E-state index contributed by atoms with van der Waals surface area (Å²) >= 11 is 7.95. The molecule has 6 nitrogen and oxygen atoms in total.